The molecule has 0 N–H and O–H groups in total. The van der Waals surface area contributed by atoms with Crippen molar-refractivity contribution in [3.8, 4) is 33.4 Å². The zero-order chi connectivity index (χ0) is 40.5. The fraction of sp³-hybridized carbons (Fsp3) is 0. The van der Waals surface area contributed by atoms with Gasteiger partial charge in [-0.25, -0.2) is 0 Å². The van der Waals surface area contributed by atoms with Gasteiger partial charge in [-0.15, -0.1) is 0 Å². The van der Waals surface area contributed by atoms with E-state index in [4.69, 9.17) is 8.83 Å². The van der Waals surface area contributed by atoms with E-state index in [9.17, 15) is 0 Å². The van der Waals surface area contributed by atoms with Gasteiger partial charge in [0, 0.05) is 21.5 Å². The summed E-state index contributed by atoms with van der Waals surface area (Å²) in [6.07, 6.45) is 0. The van der Waals surface area contributed by atoms with Crippen LogP contribution >= 0.6 is 0 Å². The lowest BCUT2D eigenvalue weighted by atomic mass is 9.83. The van der Waals surface area contributed by atoms with Crippen molar-refractivity contribution in [2.24, 2.45) is 0 Å². The summed E-state index contributed by atoms with van der Waals surface area (Å²) in [5.41, 5.74) is 10.6. The molecule has 2 aromatic heterocycles. The molecule has 0 unspecified atom stereocenters. The lowest BCUT2D eigenvalue weighted by Crippen LogP contribution is -1.93. The van der Waals surface area contributed by atoms with Crippen LogP contribution in [0.25, 0.3) is 142 Å². The maximum absolute atomic E-state index is 6.76. The summed E-state index contributed by atoms with van der Waals surface area (Å²) in [6, 6.07) is 75.3. The summed E-state index contributed by atoms with van der Waals surface area (Å²) in [5, 5.41) is 19.2. The van der Waals surface area contributed by atoms with E-state index in [0.29, 0.717) is 0 Å². The van der Waals surface area contributed by atoms with Crippen LogP contribution in [0.1, 0.15) is 0 Å². The highest BCUT2D eigenvalue weighted by molar-refractivity contribution is 6.32. The molecule has 12 aromatic carbocycles. The molecular formula is C60H34O2. The van der Waals surface area contributed by atoms with Crippen molar-refractivity contribution in [2.75, 3.05) is 0 Å². The molecule has 14 aromatic rings. The molecule has 0 spiro atoms. The van der Waals surface area contributed by atoms with Crippen molar-refractivity contribution >= 4 is 109 Å². The van der Waals surface area contributed by atoms with E-state index in [1.807, 2.05) is 12.1 Å². The van der Waals surface area contributed by atoms with E-state index in [-0.39, 0.29) is 0 Å². The third kappa shape index (κ3) is 4.64. The number of furan rings is 2. The normalized spacial score (nSPS) is 12.2. The first-order chi connectivity index (χ1) is 30.8. The van der Waals surface area contributed by atoms with Gasteiger partial charge in [-0.2, -0.15) is 0 Å². The molecule has 0 amide bonds. The fourth-order valence-corrected chi connectivity index (χ4v) is 10.8. The monoisotopic (exact) mass is 786 g/mol. The molecule has 0 atom stereocenters. The lowest BCUT2D eigenvalue weighted by molar-refractivity contribution is 0.663. The first kappa shape index (κ1) is 33.6. The van der Waals surface area contributed by atoms with Crippen molar-refractivity contribution in [1.29, 1.82) is 0 Å². The summed E-state index contributed by atoms with van der Waals surface area (Å²) in [5.74, 6) is 0. The van der Waals surface area contributed by atoms with Gasteiger partial charge in [0.05, 0.1) is 0 Å². The summed E-state index contributed by atoms with van der Waals surface area (Å²) in [7, 11) is 0. The van der Waals surface area contributed by atoms with E-state index >= 15 is 0 Å². The van der Waals surface area contributed by atoms with E-state index in [1.54, 1.807) is 0 Å². The van der Waals surface area contributed by atoms with Gasteiger partial charge in [0.2, 0.25) is 0 Å². The molecule has 2 heterocycles. The van der Waals surface area contributed by atoms with Gasteiger partial charge in [-0.05, 0) is 134 Å². The van der Waals surface area contributed by atoms with E-state index < -0.39 is 0 Å². The second kappa shape index (κ2) is 12.7. The molecule has 0 saturated carbocycles. The quantitative estimate of drug-likeness (QED) is 0.132. The van der Waals surface area contributed by atoms with Crippen LogP contribution in [0.4, 0.5) is 0 Å². The lowest BCUT2D eigenvalue weighted by Gasteiger charge is -2.20. The van der Waals surface area contributed by atoms with Crippen LogP contribution in [-0.4, -0.2) is 0 Å². The molecule has 0 bridgehead atoms. The minimum absolute atomic E-state index is 0.851. The Balaban J connectivity index is 1.15. The second-order valence-corrected chi connectivity index (χ2v) is 16.6. The van der Waals surface area contributed by atoms with Crippen LogP contribution in [0.15, 0.2) is 215 Å². The van der Waals surface area contributed by atoms with Crippen molar-refractivity contribution in [3.05, 3.63) is 206 Å². The average molecular weight is 787 g/mol. The molecule has 0 fully saturated rings. The number of benzene rings is 12. The summed E-state index contributed by atoms with van der Waals surface area (Å²) >= 11 is 0. The number of rotatable bonds is 3. The Labute approximate surface area is 355 Å². The predicted octanol–water partition coefficient (Wildman–Crippen LogP) is 17.4. The summed E-state index contributed by atoms with van der Waals surface area (Å²) in [4.78, 5) is 0. The number of fused-ring (bicyclic) bond motifs is 16. The molecule has 0 aliphatic heterocycles. The average Bonchev–Trinajstić information content (AvgIpc) is 3.91. The molecule has 0 aliphatic rings. The Morgan fingerprint density at radius 3 is 1.47 bits per heavy atom. The van der Waals surface area contributed by atoms with Gasteiger partial charge in [-0.3, -0.25) is 0 Å². The Kier molecular flexibility index (Phi) is 6.86. The highest BCUT2D eigenvalue weighted by Crippen LogP contribution is 2.50. The standard InChI is InChI=1S/C60H34O2/c1-2-15-38-35(13-1)14-11-23-39(38)36-27-30-47-51(33-36)57(49-24-12-26-53-59(49)60-55(62-53)32-31-54-58(60)48-22-9-10-25-52(48)61-54)46-21-8-7-20-45(46)56(47)37-28-29-44-42-18-4-3-16-40(42)41-17-5-6-19-43(41)50(44)34-37/h1-34H. The van der Waals surface area contributed by atoms with Crippen molar-refractivity contribution < 1.29 is 8.83 Å². The number of hydrogen-bond donors (Lipinski definition) is 0. The first-order valence-corrected chi connectivity index (χ1v) is 21.3. The molecule has 14 rings (SSSR count). The fourth-order valence-electron chi connectivity index (χ4n) is 10.8. The Hall–Kier alpha value is -8.20. The van der Waals surface area contributed by atoms with Crippen LogP contribution in [0.3, 0.4) is 0 Å². The molecular weight excluding hydrogens is 753 g/mol. The predicted molar refractivity (Wildman–Crippen MR) is 262 cm³/mol. The second-order valence-electron chi connectivity index (χ2n) is 16.6. The van der Waals surface area contributed by atoms with Crippen LogP contribution in [-0.2, 0) is 0 Å². The van der Waals surface area contributed by atoms with Crippen molar-refractivity contribution in [1.82, 2.24) is 0 Å². The molecule has 2 nitrogen and oxygen atoms in total. The van der Waals surface area contributed by atoms with E-state index in [2.05, 4.69) is 194 Å². The van der Waals surface area contributed by atoms with Crippen LogP contribution in [0, 0.1) is 0 Å². The van der Waals surface area contributed by atoms with Crippen LogP contribution in [0.2, 0.25) is 0 Å². The van der Waals surface area contributed by atoms with Crippen molar-refractivity contribution in [2.45, 2.75) is 0 Å². The Morgan fingerprint density at radius 2 is 0.694 bits per heavy atom. The van der Waals surface area contributed by atoms with Gasteiger partial charge in [0.15, 0.2) is 0 Å². The molecule has 0 aliphatic carbocycles. The number of hydrogen-bond acceptors (Lipinski definition) is 2. The Bertz CT molecular complexity index is 4180. The van der Waals surface area contributed by atoms with E-state index in [1.165, 1.54) is 92.5 Å². The summed E-state index contributed by atoms with van der Waals surface area (Å²) < 4.78 is 13.2. The largest absolute Gasteiger partial charge is 0.456 e. The molecule has 2 heteroatoms. The third-order valence-corrected chi connectivity index (χ3v) is 13.4. The SMILES string of the molecule is c1ccc2c(-c3ccc4c(-c5ccc6c7ccccc7c7ccccc7c6c5)c5ccccc5c(-c5cccc6oc7ccc8oc9ccccc9c8c7c56)c4c3)cccc2c1. The minimum atomic E-state index is 0.851. The van der Waals surface area contributed by atoms with Gasteiger partial charge >= 0.3 is 0 Å². The molecule has 62 heavy (non-hydrogen) atoms. The van der Waals surface area contributed by atoms with Gasteiger partial charge < -0.3 is 8.83 Å². The maximum atomic E-state index is 6.76. The highest BCUT2D eigenvalue weighted by Gasteiger charge is 2.24. The zero-order valence-corrected chi connectivity index (χ0v) is 33.4. The molecule has 0 radical (unpaired) electrons. The molecule has 0 saturated heterocycles. The van der Waals surface area contributed by atoms with Gasteiger partial charge in [-0.1, -0.05) is 170 Å². The van der Waals surface area contributed by atoms with Crippen LogP contribution < -0.4 is 0 Å². The molecule has 286 valence electrons. The number of para-hydroxylation sites is 1. The minimum Gasteiger partial charge on any atom is -0.456 e. The van der Waals surface area contributed by atoms with Crippen molar-refractivity contribution in [3.63, 3.8) is 0 Å². The third-order valence-electron chi connectivity index (χ3n) is 13.4. The zero-order valence-electron chi connectivity index (χ0n) is 33.4. The first-order valence-electron chi connectivity index (χ1n) is 21.3. The van der Waals surface area contributed by atoms with Gasteiger partial charge in [0.25, 0.3) is 0 Å². The van der Waals surface area contributed by atoms with Crippen LogP contribution in [0.5, 0.6) is 0 Å². The topological polar surface area (TPSA) is 26.3 Å². The Morgan fingerprint density at radius 1 is 0.226 bits per heavy atom. The summed E-state index contributed by atoms with van der Waals surface area (Å²) in [6.45, 7) is 0. The smallest absolute Gasteiger partial charge is 0.136 e. The highest BCUT2D eigenvalue weighted by atomic mass is 16.3. The van der Waals surface area contributed by atoms with Gasteiger partial charge in [0.1, 0.15) is 22.3 Å². The van der Waals surface area contributed by atoms with E-state index in [0.717, 1.165) is 49.4 Å². The maximum Gasteiger partial charge on any atom is 0.136 e.